The van der Waals surface area contributed by atoms with Crippen molar-refractivity contribution in [2.45, 2.75) is 19.4 Å². The topological polar surface area (TPSA) is 79.3 Å². The minimum Gasteiger partial charge on any atom is -0.477 e. The Bertz CT molecular complexity index is 472. The lowest BCUT2D eigenvalue weighted by Crippen LogP contribution is -2.28. The molecule has 2 rings (SSSR count). The van der Waals surface area contributed by atoms with Crippen LogP contribution in [0, 0.1) is 5.92 Å². The molecule has 0 saturated carbocycles. The van der Waals surface area contributed by atoms with Crippen molar-refractivity contribution in [3.63, 3.8) is 0 Å². The van der Waals surface area contributed by atoms with Crippen LogP contribution in [0.1, 0.15) is 28.9 Å². The van der Waals surface area contributed by atoms with Crippen LogP contribution in [0.25, 0.3) is 0 Å². The molecular weight excluding hydrogens is 232 g/mol. The van der Waals surface area contributed by atoms with Gasteiger partial charge in [0.25, 0.3) is 0 Å². The number of nitrogens with zero attached hydrogens (tertiary/aromatic N) is 1. The Kier molecular flexibility index (Phi) is 3.72. The maximum Gasteiger partial charge on any atom is 0.354 e. The van der Waals surface area contributed by atoms with Gasteiger partial charge in [0, 0.05) is 18.7 Å². The van der Waals surface area contributed by atoms with Crippen LogP contribution in [0.3, 0.4) is 0 Å². The van der Waals surface area contributed by atoms with E-state index >= 15 is 0 Å². The first-order chi connectivity index (χ1) is 8.66. The van der Waals surface area contributed by atoms with Gasteiger partial charge in [-0.3, -0.25) is 4.79 Å². The predicted molar refractivity (Wildman–Crippen MR) is 64.9 cm³/mol. The summed E-state index contributed by atoms with van der Waals surface area (Å²) in [7, 11) is 0. The van der Waals surface area contributed by atoms with Crippen LogP contribution in [0.4, 0.5) is 0 Å². The number of carbonyl (C=O) groups is 2. The van der Waals surface area contributed by atoms with Gasteiger partial charge in [0.15, 0.2) is 0 Å². The molecule has 1 aromatic heterocycles. The summed E-state index contributed by atoms with van der Waals surface area (Å²) in [5.74, 6) is -0.985. The van der Waals surface area contributed by atoms with Gasteiger partial charge in [0.2, 0.25) is 5.91 Å². The fraction of sp³-hybridized carbons (Fsp3) is 0.308. The first kappa shape index (κ1) is 12.3. The van der Waals surface area contributed by atoms with Gasteiger partial charge in [-0.05, 0) is 24.5 Å². The van der Waals surface area contributed by atoms with Gasteiger partial charge in [-0.2, -0.15) is 0 Å². The van der Waals surface area contributed by atoms with Crippen LogP contribution in [0.15, 0.2) is 30.5 Å². The molecule has 1 heterocycles. The molecule has 1 aliphatic carbocycles. The number of pyridine rings is 1. The molecule has 0 saturated heterocycles. The molecule has 1 aromatic rings. The third kappa shape index (κ3) is 2.94. The molecule has 5 heteroatoms. The fourth-order valence-corrected chi connectivity index (χ4v) is 1.82. The average molecular weight is 246 g/mol. The molecule has 0 aliphatic heterocycles. The van der Waals surface area contributed by atoms with Gasteiger partial charge in [0.05, 0.1) is 0 Å². The number of hydrogen-bond donors (Lipinski definition) is 2. The largest absolute Gasteiger partial charge is 0.477 e. The molecule has 0 bridgehead atoms. The number of hydrogen-bond acceptors (Lipinski definition) is 3. The summed E-state index contributed by atoms with van der Waals surface area (Å²) in [4.78, 5) is 26.1. The number of rotatable bonds is 4. The summed E-state index contributed by atoms with van der Waals surface area (Å²) in [5.41, 5.74) is 0.796. The number of nitrogens with one attached hydrogen (secondary N) is 1. The lowest BCUT2D eigenvalue weighted by Gasteiger charge is -2.10. The molecule has 5 nitrogen and oxygen atoms in total. The van der Waals surface area contributed by atoms with Crippen molar-refractivity contribution in [2.75, 3.05) is 0 Å². The van der Waals surface area contributed by atoms with E-state index in [1.165, 1.54) is 12.3 Å². The fourth-order valence-electron chi connectivity index (χ4n) is 1.82. The van der Waals surface area contributed by atoms with E-state index in [0.717, 1.165) is 18.4 Å². The zero-order valence-electron chi connectivity index (χ0n) is 9.80. The van der Waals surface area contributed by atoms with Crippen molar-refractivity contribution >= 4 is 11.9 Å². The maximum atomic E-state index is 11.7. The lowest BCUT2D eigenvalue weighted by atomic mass is 10.1. The van der Waals surface area contributed by atoms with Crippen LogP contribution in [0.5, 0.6) is 0 Å². The highest BCUT2D eigenvalue weighted by atomic mass is 16.4. The van der Waals surface area contributed by atoms with E-state index in [0.29, 0.717) is 6.54 Å². The summed E-state index contributed by atoms with van der Waals surface area (Å²) >= 11 is 0. The molecule has 94 valence electrons. The molecule has 0 fully saturated rings. The second-order valence-corrected chi connectivity index (χ2v) is 4.21. The van der Waals surface area contributed by atoms with E-state index in [4.69, 9.17) is 5.11 Å². The van der Waals surface area contributed by atoms with Gasteiger partial charge < -0.3 is 10.4 Å². The Balaban J connectivity index is 1.86. The highest BCUT2D eigenvalue weighted by Crippen LogP contribution is 2.17. The Morgan fingerprint density at radius 2 is 2.06 bits per heavy atom. The van der Waals surface area contributed by atoms with Gasteiger partial charge in [-0.25, -0.2) is 9.78 Å². The van der Waals surface area contributed by atoms with Crippen LogP contribution in [-0.4, -0.2) is 22.0 Å². The Hall–Kier alpha value is -2.17. The molecule has 1 amide bonds. The van der Waals surface area contributed by atoms with Crippen LogP contribution in [-0.2, 0) is 11.3 Å². The van der Waals surface area contributed by atoms with E-state index < -0.39 is 5.97 Å². The number of carboxylic acids is 1. The molecule has 0 aromatic carbocycles. The standard InChI is InChI=1S/C13H14N2O3/c16-12(10-3-1-2-4-10)15-8-9-5-6-11(13(17)18)14-7-9/h1-2,5-7,10H,3-4,8H2,(H,15,16)(H,17,18). The normalized spacial score (nSPS) is 14.7. The Morgan fingerprint density at radius 1 is 1.33 bits per heavy atom. The summed E-state index contributed by atoms with van der Waals surface area (Å²) in [5, 5.41) is 11.5. The Labute approximate surface area is 105 Å². The maximum absolute atomic E-state index is 11.7. The molecular formula is C13H14N2O3. The zero-order valence-corrected chi connectivity index (χ0v) is 9.80. The minimum absolute atomic E-state index is 0.00469. The van der Waals surface area contributed by atoms with E-state index in [9.17, 15) is 9.59 Å². The Morgan fingerprint density at radius 3 is 2.61 bits per heavy atom. The molecule has 0 atom stereocenters. The average Bonchev–Trinajstić information content (AvgIpc) is 2.90. The molecule has 0 unspecified atom stereocenters. The van der Waals surface area contributed by atoms with Crippen molar-refractivity contribution in [2.24, 2.45) is 5.92 Å². The third-order valence-electron chi connectivity index (χ3n) is 2.89. The number of carboxylic acid groups (broad SMARTS) is 1. The SMILES string of the molecule is O=C(O)c1ccc(CNC(=O)C2CC=CC2)cn1. The molecule has 18 heavy (non-hydrogen) atoms. The first-order valence-electron chi connectivity index (χ1n) is 5.78. The van der Waals surface area contributed by atoms with E-state index in [1.807, 2.05) is 12.2 Å². The van der Waals surface area contributed by atoms with Gasteiger partial charge in [0.1, 0.15) is 5.69 Å². The molecule has 0 spiro atoms. The van der Waals surface area contributed by atoms with Crippen molar-refractivity contribution in [3.8, 4) is 0 Å². The van der Waals surface area contributed by atoms with Gasteiger partial charge >= 0.3 is 5.97 Å². The number of aromatic carboxylic acids is 1. The van der Waals surface area contributed by atoms with E-state index in [1.54, 1.807) is 6.07 Å². The summed E-state index contributed by atoms with van der Waals surface area (Å²) in [6, 6.07) is 3.09. The first-order valence-corrected chi connectivity index (χ1v) is 5.78. The predicted octanol–water partition coefficient (Wildman–Crippen LogP) is 1.36. The van der Waals surface area contributed by atoms with E-state index in [2.05, 4.69) is 10.3 Å². The smallest absolute Gasteiger partial charge is 0.354 e. The molecule has 1 aliphatic rings. The monoisotopic (exact) mass is 246 g/mol. The number of amides is 1. The van der Waals surface area contributed by atoms with Crippen molar-refractivity contribution in [1.82, 2.24) is 10.3 Å². The van der Waals surface area contributed by atoms with Gasteiger partial charge in [-0.15, -0.1) is 0 Å². The summed E-state index contributed by atoms with van der Waals surface area (Å²) < 4.78 is 0. The van der Waals surface area contributed by atoms with Crippen molar-refractivity contribution < 1.29 is 14.7 Å². The zero-order chi connectivity index (χ0) is 13.0. The molecule has 0 radical (unpaired) electrons. The lowest BCUT2D eigenvalue weighted by molar-refractivity contribution is -0.124. The highest BCUT2D eigenvalue weighted by Gasteiger charge is 2.18. The summed E-state index contributed by atoms with van der Waals surface area (Å²) in [6.07, 6.45) is 7.07. The van der Waals surface area contributed by atoms with Crippen molar-refractivity contribution in [1.29, 1.82) is 0 Å². The second-order valence-electron chi connectivity index (χ2n) is 4.21. The quantitative estimate of drug-likeness (QED) is 0.786. The number of aromatic nitrogens is 1. The number of carbonyl (C=O) groups excluding carboxylic acids is 1. The number of allylic oxidation sites excluding steroid dienone is 2. The van der Waals surface area contributed by atoms with Crippen LogP contribution >= 0.6 is 0 Å². The van der Waals surface area contributed by atoms with Crippen LogP contribution in [0.2, 0.25) is 0 Å². The highest BCUT2D eigenvalue weighted by molar-refractivity contribution is 5.85. The van der Waals surface area contributed by atoms with E-state index in [-0.39, 0.29) is 17.5 Å². The van der Waals surface area contributed by atoms with Crippen LogP contribution < -0.4 is 5.32 Å². The summed E-state index contributed by atoms with van der Waals surface area (Å²) in [6.45, 7) is 0.377. The minimum atomic E-state index is -1.05. The second kappa shape index (κ2) is 5.44. The van der Waals surface area contributed by atoms with Gasteiger partial charge in [-0.1, -0.05) is 18.2 Å². The van der Waals surface area contributed by atoms with Crippen molar-refractivity contribution in [3.05, 3.63) is 41.7 Å². The third-order valence-corrected chi connectivity index (χ3v) is 2.89. The molecule has 2 N–H and O–H groups in total.